The number of hydrogen-bond donors (Lipinski definition) is 1. The Balaban J connectivity index is 1.81. The topological polar surface area (TPSA) is 76.7 Å². The Morgan fingerprint density at radius 3 is 2.93 bits per heavy atom. The molecule has 0 spiro atoms. The number of aromatic hydroxyl groups is 1. The Morgan fingerprint density at radius 1 is 1.37 bits per heavy atom. The zero-order valence-electron chi connectivity index (χ0n) is 15.0. The Morgan fingerprint density at radius 2 is 2.15 bits per heavy atom. The van der Waals surface area contributed by atoms with E-state index in [4.69, 9.17) is 4.74 Å². The van der Waals surface area contributed by atoms with Crippen molar-refractivity contribution in [1.82, 2.24) is 9.66 Å². The fraction of sp³-hybridized carbons (Fsp3) is 0.316. The highest BCUT2D eigenvalue weighted by molar-refractivity contribution is 9.10. The van der Waals surface area contributed by atoms with Gasteiger partial charge in [-0.25, -0.2) is 4.98 Å². The fourth-order valence-electron chi connectivity index (χ4n) is 3.38. The number of aryl methyl sites for hydroxylation is 3. The van der Waals surface area contributed by atoms with Gasteiger partial charge >= 0.3 is 0 Å². The molecule has 0 radical (unpaired) electrons. The predicted octanol–water partition coefficient (Wildman–Crippen LogP) is 4.00. The summed E-state index contributed by atoms with van der Waals surface area (Å²) in [5.41, 5.74) is 1.71. The molecule has 0 bridgehead atoms. The molecule has 0 saturated heterocycles. The van der Waals surface area contributed by atoms with Crippen LogP contribution in [0.2, 0.25) is 0 Å². The molecule has 0 fully saturated rings. The van der Waals surface area contributed by atoms with E-state index in [1.165, 1.54) is 23.1 Å². The summed E-state index contributed by atoms with van der Waals surface area (Å²) in [7, 11) is 1.48. The molecule has 2 aromatic heterocycles. The van der Waals surface area contributed by atoms with Crippen molar-refractivity contribution in [3.63, 3.8) is 0 Å². The molecular formula is C19H18BrN3O3S. The minimum Gasteiger partial charge on any atom is -0.503 e. The second-order valence-electron chi connectivity index (χ2n) is 6.47. The maximum Gasteiger partial charge on any atom is 0.283 e. The average Bonchev–Trinajstić information content (AvgIpc) is 3.02. The summed E-state index contributed by atoms with van der Waals surface area (Å²) in [5, 5.41) is 15.0. The first-order valence-corrected chi connectivity index (χ1v) is 10.2. The number of methoxy groups -OCH3 is 1. The molecule has 2 heterocycles. The van der Waals surface area contributed by atoms with Gasteiger partial charge in [0.15, 0.2) is 11.5 Å². The Hall–Kier alpha value is -2.19. The van der Waals surface area contributed by atoms with Gasteiger partial charge in [0.2, 0.25) is 0 Å². The number of fused-ring (bicyclic) bond motifs is 3. The highest BCUT2D eigenvalue weighted by Gasteiger charge is 2.21. The van der Waals surface area contributed by atoms with E-state index in [1.807, 2.05) is 0 Å². The SMILES string of the molecule is COc1cc(C=Nn2c(C)nc3sc4c(c3c2=O)CCCC4)cc(Br)c1O. The number of halogens is 1. The lowest BCUT2D eigenvalue weighted by Gasteiger charge is -2.10. The molecule has 1 aromatic carbocycles. The van der Waals surface area contributed by atoms with Crippen molar-refractivity contribution in [3.05, 3.63) is 48.8 Å². The van der Waals surface area contributed by atoms with Crippen LogP contribution < -0.4 is 10.3 Å². The molecule has 0 aliphatic heterocycles. The van der Waals surface area contributed by atoms with Crippen molar-refractivity contribution >= 4 is 43.7 Å². The lowest BCUT2D eigenvalue weighted by molar-refractivity contribution is 0.372. The lowest BCUT2D eigenvalue weighted by Crippen LogP contribution is -2.21. The third-order valence-corrected chi connectivity index (χ3v) is 6.51. The Kier molecular flexibility index (Phi) is 4.77. The fourth-order valence-corrected chi connectivity index (χ4v) is 5.14. The second-order valence-corrected chi connectivity index (χ2v) is 8.40. The molecule has 6 nitrogen and oxygen atoms in total. The zero-order chi connectivity index (χ0) is 19.1. The van der Waals surface area contributed by atoms with Crippen LogP contribution in [-0.4, -0.2) is 28.1 Å². The maximum absolute atomic E-state index is 13.1. The summed E-state index contributed by atoms with van der Waals surface area (Å²) in [6, 6.07) is 3.36. The number of aromatic nitrogens is 2. The van der Waals surface area contributed by atoms with Gasteiger partial charge in [-0.05, 0) is 71.8 Å². The quantitative estimate of drug-likeness (QED) is 0.615. The van der Waals surface area contributed by atoms with E-state index >= 15 is 0 Å². The van der Waals surface area contributed by atoms with Crippen molar-refractivity contribution in [2.75, 3.05) is 7.11 Å². The van der Waals surface area contributed by atoms with E-state index in [0.29, 0.717) is 27.0 Å². The van der Waals surface area contributed by atoms with Gasteiger partial charge in [-0.2, -0.15) is 9.78 Å². The van der Waals surface area contributed by atoms with Crippen LogP contribution in [0.1, 0.15) is 34.7 Å². The van der Waals surface area contributed by atoms with Crippen molar-refractivity contribution in [2.45, 2.75) is 32.6 Å². The lowest BCUT2D eigenvalue weighted by atomic mass is 9.97. The predicted molar refractivity (Wildman–Crippen MR) is 111 cm³/mol. The number of thiophene rings is 1. The number of benzene rings is 1. The van der Waals surface area contributed by atoms with Gasteiger partial charge in [0.05, 0.1) is 23.2 Å². The molecule has 1 aliphatic carbocycles. The van der Waals surface area contributed by atoms with Crippen molar-refractivity contribution in [1.29, 1.82) is 0 Å². The summed E-state index contributed by atoms with van der Waals surface area (Å²) in [5.74, 6) is 0.901. The molecule has 0 atom stereocenters. The minimum atomic E-state index is -0.127. The zero-order valence-corrected chi connectivity index (χ0v) is 17.4. The molecule has 0 unspecified atom stereocenters. The van der Waals surface area contributed by atoms with E-state index in [2.05, 4.69) is 26.0 Å². The third kappa shape index (κ3) is 3.17. The number of nitrogens with zero attached hydrogens (tertiary/aromatic N) is 3. The van der Waals surface area contributed by atoms with Gasteiger partial charge in [0, 0.05) is 4.88 Å². The first kappa shape index (κ1) is 18.2. The first-order chi connectivity index (χ1) is 13.0. The molecule has 140 valence electrons. The average molecular weight is 448 g/mol. The minimum absolute atomic E-state index is 0.0241. The summed E-state index contributed by atoms with van der Waals surface area (Å²) < 4.78 is 6.99. The highest BCUT2D eigenvalue weighted by atomic mass is 79.9. The molecular weight excluding hydrogens is 430 g/mol. The van der Waals surface area contributed by atoms with Gasteiger partial charge in [0.1, 0.15) is 10.7 Å². The highest BCUT2D eigenvalue weighted by Crippen LogP contribution is 2.35. The van der Waals surface area contributed by atoms with E-state index in [1.54, 1.807) is 36.6 Å². The van der Waals surface area contributed by atoms with Gasteiger partial charge < -0.3 is 9.84 Å². The summed E-state index contributed by atoms with van der Waals surface area (Å²) in [6.45, 7) is 1.78. The van der Waals surface area contributed by atoms with E-state index < -0.39 is 0 Å². The van der Waals surface area contributed by atoms with Crippen LogP contribution in [0.5, 0.6) is 11.5 Å². The summed E-state index contributed by atoms with van der Waals surface area (Å²) in [4.78, 5) is 19.8. The number of phenols is 1. The van der Waals surface area contributed by atoms with Crippen molar-refractivity contribution < 1.29 is 9.84 Å². The number of hydrogen-bond acceptors (Lipinski definition) is 6. The van der Waals surface area contributed by atoms with Crippen LogP contribution in [0.4, 0.5) is 0 Å². The van der Waals surface area contributed by atoms with Crippen LogP contribution in [0, 0.1) is 6.92 Å². The second kappa shape index (κ2) is 7.09. The van der Waals surface area contributed by atoms with Gasteiger partial charge in [-0.1, -0.05) is 0 Å². The van der Waals surface area contributed by atoms with Gasteiger partial charge in [0.25, 0.3) is 5.56 Å². The monoisotopic (exact) mass is 447 g/mol. The standard InChI is InChI=1S/C19H18BrN3O3S/c1-10-22-18-16(12-5-3-4-6-15(12)27-18)19(25)23(10)21-9-11-7-13(20)17(24)14(8-11)26-2/h7-9,24H,3-6H2,1-2H3. The molecule has 3 aromatic rings. The number of ether oxygens (including phenoxy) is 1. The van der Waals surface area contributed by atoms with Crippen LogP contribution >= 0.6 is 27.3 Å². The molecule has 8 heteroatoms. The maximum atomic E-state index is 13.1. The third-order valence-electron chi connectivity index (χ3n) is 4.72. The molecule has 1 aliphatic rings. The van der Waals surface area contributed by atoms with Gasteiger partial charge in [-0.15, -0.1) is 11.3 Å². The largest absolute Gasteiger partial charge is 0.503 e. The molecule has 0 amide bonds. The molecule has 1 N–H and O–H groups in total. The summed E-state index contributed by atoms with van der Waals surface area (Å²) in [6.07, 6.45) is 5.80. The molecule has 0 saturated carbocycles. The first-order valence-electron chi connectivity index (χ1n) is 8.64. The summed E-state index contributed by atoms with van der Waals surface area (Å²) >= 11 is 4.92. The molecule has 4 rings (SSSR count). The van der Waals surface area contributed by atoms with Crippen LogP contribution in [0.15, 0.2) is 26.5 Å². The normalized spacial score (nSPS) is 14.0. The number of phenolic OH excluding ortho intramolecular Hbond substituents is 1. The van der Waals surface area contributed by atoms with Gasteiger partial charge in [-0.3, -0.25) is 4.79 Å². The smallest absolute Gasteiger partial charge is 0.283 e. The van der Waals surface area contributed by atoms with Crippen molar-refractivity contribution in [3.8, 4) is 11.5 Å². The van der Waals surface area contributed by atoms with E-state index in [-0.39, 0.29) is 11.3 Å². The van der Waals surface area contributed by atoms with Crippen LogP contribution in [0.25, 0.3) is 10.2 Å². The van der Waals surface area contributed by atoms with E-state index in [0.717, 1.165) is 29.7 Å². The van der Waals surface area contributed by atoms with Crippen LogP contribution in [0.3, 0.4) is 0 Å². The number of rotatable bonds is 3. The molecule has 27 heavy (non-hydrogen) atoms. The van der Waals surface area contributed by atoms with Crippen molar-refractivity contribution in [2.24, 2.45) is 5.10 Å². The van der Waals surface area contributed by atoms with Crippen LogP contribution in [-0.2, 0) is 12.8 Å². The Bertz CT molecular complexity index is 1130. The Labute approximate surface area is 168 Å². The van der Waals surface area contributed by atoms with E-state index in [9.17, 15) is 9.90 Å².